The summed E-state index contributed by atoms with van der Waals surface area (Å²) in [4.78, 5) is 0. The summed E-state index contributed by atoms with van der Waals surface area (Å²) in [5.74, 6) is 0.671. The Balaban J connectivity index is 1.70. The molecule has 2 atom stereocenters. The predicted octanol–water partition coefficient (Wildman–Crippen LogP) is 8.43. The van der Waals surface area contributed by atoms with Crippen molar-refractivity contribution in [2.24, 2.45) is 11.3 Å². The maximum atomic E-state index is 2.59. The first-order valence-electron chi connectivity index (χ1n) is 14.0. The largest absolute Gasteiger partial charge is 0.295 e. The second-order valence-electron chi connectivity index (χ2n) is 13.3. The van der Waals surface area contributed by atoms with Crippen molar-refractivity contribution < 1.29 is 4.57 Å². The first-order chi connectivity index (χ1) is 17.5. The van der Waals surface area contributed by atoms with Gasteiger partial charge in [-0.3, -0.25) is 0 Å². The van der Waals surface area contributed by atoms with E-state index in [1.54, 1.807) is 0 Å². The molecule has 2 aliphatic rings. The lowest BCUT2D eigenvalue weighted by molar-refractivity contribution is -0.733. The number of benzene rings is 3. The molecule has 5 aromatic rings. The molecule has 2 unspecified atom stereocenters. The van der Waals surface area contributed by atoms with Crippen molar-refractivity contribution in [3.05, 3.63) is 83.0 Å². The van der Waals surface area contributed by atoms with Crippen LogP contribution in [-0.4, -0.2) is 4.40 Å². The van der Waals surface area contributed by atoms with Crippen molar-refractivity contribution in [3.63, 3.8) is 0 Å². The van der Waals surface area contributed by atoms with Gasteiger partial charge in [-0.15, -0.1) is 0 Å². The van der Waals surface area contributed by atoms with Crippen molar-refractivity contribution >= 4 is 27.3 Å². The summed E-state index contributed by atoms with van der Waals surface area (Å²) in [5, 5.41) is 4.21. The van der Waals surface area contributed by atoms with Gasteiger partial charge in [0.25, 0.3) is 5.65 Å². The zero-order chi connectivity index (χ0) is 26.1. The molecule has 0 spiro atoms. The van der Waals surface area contributed by atoms with Crippen LogP contribution < -0.4 is 4.57 Å². The van der Waals surface area contributed by atoms with Crippen LogP contribution in [0.1, 0.15) is 70.2 Å². The number of aryl methyl sites for hydroxylation is 3. The number of pyridine rings is 1. The highest BCUT2D eigenvalue weighted by Crippen LogP contribution is 2.69. The zero-order valence-electron chi connectivity index (χ0n) is 23.7. The number of rotatable bonds is 2. The van der Waals surface area contributed by atoms with E-state index in [1.165, 1.54) is 60.8 Å². The van der Waals surface area contributed by atoms with E-state index >= 15 is 0 Å². The van der Waals surface area contributed by atoms with Crippen LogP contribution in [0, 0.1) is 25.2 Å². The van der Waals surface area contributed by atoms with Crippen molar-refractivity contribution in [2.75, 3.05) is 0 Å². The van der Waals surface area contributed by atoms with Crippen LogP contribution >= 0.6 is 0 Å². The number of aromatic nitrogens is 2. The van der Waals surface area contributed by atoms with Crippen molar-refractivity contribution in [3.8, 4) is 11.3 Å². The monoisotopic (exact) mass is 487 g/mol. The van der Waals surface area contributed by atoms with Gasteiger partial charge < -0.3 is 0 Å². The molecular formula is C35H39N2+. The Labute approximate surface area is 220 Å². The van der Waals surface area contributed by atoms with Crippen LogP contribution in [0.25, 0.3) is 38.6 Å². The van der Waals surface area contributed by atoms with Gasteiger partial charge >= 0.3 is 0 Å². The fourth-order valence-corrected chi connectivity index (χ4v) is 7.82. The van der Waals surface area contributed by atoms with Gasteiger partial charge in [-0.1, -0.05) is 70.2 Å². The highest BCUT2D eigenvalue weighted by atomic mass is 15.2. The number of hydrogen-bond donors (Lipinski definition) is 0. The molecule has 0 saturated heterocycles. The highest BCUT2D eigenvalue weighted by molar-refractivity contribution is 6.13. The summed E-state index contributed by atoms with van der Waals surface area (Å²) >= 11 is 0. The van der Waals surface area contributed by atoms with Gasteiger partial charge in [0.1, 0.15) is 17.3 Å². The predicted molar refractivity (Wildman–Crippen MR) is 155 cm³/mol. The minimum atomic E-state index is 0.0284. The Bertz CT molecular complexity index is 1760. The number of imidazole rings is 1. The molecule has 2 heteroatoms. The molecule has 37 heavy (non-hydrogen) atoms. The Morgan fingerprint density at radius 2 is 1.54 bits per heavy atom. The van der Waals surface area contributed by atoms with Crippen LogP contribution in [0.5, 0.6) is 0 Å². The van der Waals surface area contributed by atoms with Gasteiger partial charge in [-0.05, 0) is 86.3 Å². The average Bonchev–Trinajstić information content (AvgIpc) is 3.14. The second-order valence-corrected chi connectivity index (χ2v) is 13.3. The van der Waals surface area contributed by atoms with E-state index in [0.29, 0.717) is 11.3 Å². The van der Waals surface area contributed by atoms with E-state index < -0.39 is 0 Å². The summed E-state index contributed by atoms with van der Waals surface area (Å²) in [6.45, 7) is 19.1. The van der Waals surface area contributed by atoms with Crippen molar-refractivity contribution in [1.29, 1.82) is 0 Å². The summed E-state index contributed by atoms with van der Waals surface area (Å²) in [7, 11) is 0. The maximum Gasteiger partial charge on any atom is 0.295 e. The molecule has 7 rings (SSSR count). The first-order valence-corrected chi connectivity index (χ1v) is 14.0. The van der Waals surface area contributed by atoms with Gasteiger partial charge in [-0.2, -0.15) is 4.40 Å². The van der Waals surface area contributed by atoms with E-state index in [0.717, 1.165) is 12.8 Å². The number of hydrogen-bond acceptors (Lipinski definition) is 0. The molecule has 1 aliphatic heterocycles. The molecule has 0 radical (unpaired) electrons. The van der Waals surface area contributed by atoms with Gasteiger partial charge in [-0.25, -0.2) is 4.57 Å². The summed E-state index contributed by atoms with van der Waals surface area (Å²) < 4.78 is 5.19. The van der Waals surface area contributed by atoms with Crippen molar-refractivity contribution in [2.45, 2.75) is 79.2 Å². The molecule has 188 valence electrons. The second kappa shape index (κ2) is 7.04. The molecule has 3 aromatic carbocycles. The minimum absolute atomic E-state index is 0.0284. The van der Waals surface area contributed by atoms with Crippen LogP contribution in [0.2, 0.25) is 0 Å². The summed E-state index contributed by atoms with van der Waals surface area (Å²) in [6, 6.07) is 21.1. The topological polar surface area (TPSA) is 8.29 Å². The molecule has 1 fully saturated rings. The van der Waals surface area contributed by atoms with Gasteiger partial charge in [0.15, 0.2) is 5.69 Å². The Kier molecular flexibility index (Phi) is 4.38. The van der Waals surface area contributed by atoms with Crippen LogP contribution in [0.4, 0.5) is 0 Å². The van der Waals surface area contributed by atoms with Crippen molar-refractivity contribution in [1.82, 2.24) is 4.40 Å². The van der Waals surface area contributed by atoms with E-state index in [9.17, 15) is 0 Å². The SMILES string of the molecule is Cc1cccc(C)c1-c1c[n+]2c3c4c(cccc4c4cc(C5(C)C(C)C5(C)C)ccc4n13)CCC2(C)C. The fraction of sp³-hybridized carbons (Fsp3) is 0.400. The first kappa shape index (κ1) is 23.0. The van der Waals surface area contributed by atoms with E-state index in [4.69, 9.17) is 0 Å². The van der Waals surface area contributed by atoms with Crippen LogP contribution in [0.15, 0.2) is 60.8 Å². The smallest absolute Gasteiger partial charge is 0.224 e. The Morgan fingerprint density at radius 1 is 0.865 bits per heavy atom. The standard InChI is InChI=1S/C35H39N2/c1-21-11-9-12-22(2)30(21)29-20-36-32-31-24(17-18-33(36,4)5)13-10-14-26(31)27-19-25(15-16-28(27)37(29)32)35(8)23(3)34(35,6)7/h9-16,19-20,23H,17-18H2,1-8H3/q+1. The Morgan fingerprint density at radius 3 is 2.22 bits per heavy atom. The quantitative estimate of drug-likeness (QED) is 0.174. The molecule has 2 aromatic heterocycles. The zero-order valence-corrected chi connectivity index (χ0v) is 23.7. The maximum absolute atomic E-state index is 2.59. The van der Waals surface area contributed by atoms with Crippen LogP contribution in [-0.2, 0) is 17.4 Å². The lowest BCUT2D eigenvalue weighted by Crippen LogP contribution is -2.51. The molecular weight excluding hydrogens is 448 g/mol. The van der Waals surface area contributed by atoms with E-state index in [2.05, 4.69) is 125 Å². The minimum Gasteiger partial charge on any atom is -0.224 e. The van der Waals surface area contributed by atoms with Gasteiger partial charge in [0, 0.05) is 21.8 Å². The van der Waals surface area contributed by atoms with E-state index in [-0.39, 0.29) is 11.0 Å². The summed E-state index contributed by atoms with van der Waals surface area (Å²) in [6.07, 6.45) is 4.68. The third-order valence-electron chi connectivity index (χ3n) is 11.0. The third kappa shape index (κ3) is 2.74. The molecule has 1 aliphatic carbocycles. The van der Waals surface area contributed by atoms with Gasteiger partial charge in [0.2, 0.25) is 0 Å². The number of nitrogens with zero attached hydrogens (tertiary/aromatic N) is 2. The fourth-order valence-electron chi connectivity index (χ4n) is 7.82. The van der Waals surface area contributed by atoms with E-state index in [1.807, 2.05) is 0 Å². The number of fused-ring (bicyclic) bond motifs is 3. The van der Waals surface area contributed by atoms with Gasteiger partial charge in [0.05, 0.1) is 5.39 Å². The molecule has 2 nitrogen and oxygen atoms in total. The molecule has 3 heterocycles. The molecule has 0 amide bonds. The lowest BCUT2D eigenvalue weighted by Gasteiger charge is -2.20. The third-order valence-corrected chi connectivity index (χ3v) is 11.0. The van der Waals surface area contributed by atoms with Crippen LogP contribution in [0.3, 0.4) is 0 Å². The molecule has 0 bridgehead atoms. The molecule has 1 saturated carbocycles. The highest BCUT2D eigenvalue weighted by Gasteiger charge is 2.65. The lowest BCUT2D eigenvalue weighted by atomic mass is 9.87. The normalized spacial score (nSPS) is 23.7. The molecule has 0 N–H and O–H groups in total. The average molecular weight is 488 g/mol. The Hall–Kier alpha value is -3.13. The summed E-state index contributed by atoms with van der Waals surface area (Å²) in [5.41, 5.74) is 11.5.